The number of carbonyl (C=O) groups is 1. The zero-order valence-corrected chi connectivity index (χ0v) is 14.2. The van der Waals surface area contributed by atoms with Crippen molar-refractivity contribution in [3.8, 4) is 0 Å². The smallest absolute Gasteiger partial charge is 0.261 e. The third-order valence-electron chi connectivity index (χ3n) is 5.41. The molecule has 3 fully saturated rings. The molecule has 2 bridgehead atoms. The molecule has 5 heterocycles. The number of benzene rings is 1. The Balaban J connectivity index is 1.43. The van der Waals surface area contributed by atoms with Crippen molar-refractivity contribution >= 4 is 38.4 Å². The van der Waals surface area contributed by atoms with E-state index in [1.165, 1.54) is 37.3 Å². The number of nitrogens with one attached hydrogen (secondary N) is 1. The Kier molecular flexibility index (Phi) is 3.31. The molecule has 5 heteroatoms. The topological polar surface area (TPSA) is 45.2 Å². The molecule has 6 rings (SSSR count). The van der Waals surface area contributed by atoms with Crippen LogP contribution in [0.5, 0.6) is 0 Å². The average Bonchev–Trinajstić information content (AvgIpc) is 3.03. The van der Waals surface area contributed by atoms with Gasteiger partial charge in [0.05, 0.1) is 10.4 Å². The van der Waals surface area contributed by atoms with E-state index in [9.17, 15) is 4.79 Å². The molecular formula is C19H19N3OS. The molecule has 1 amide bonds. The molecule has 0 radical (unpaired) electrons. The fourth-order valence-electron chi connectivity index (χ4n) is 4.05. The van der Waals surface area contributed by atoms with Crippen LogP contribution >= 0.6 is 11.3 Å². The SMILES string of the molecule is O=C(NC1CN2CCC1CC2)c1cc2cc3ccccc3nc2s1. The molecule has 2 aromatic heterocycles. The van der Waals surface area contributed by atoms with Gasteiger partial charge in [0.2, 0.25) is 0 Å². The van der Waals surface area contributed by atoms with E-state index in [2.05, 4.69) is 22.3 Å². The summed E-state index contributed by atoms with van der Waals surface area (Å²) in [5.41, 5.74) is 0.983. The van der Waals surface area contributed by atoms with Crippen molar-refractivity contribution < 1.29 is 4.79 Å². The summed E-state index contributed by atoms with van der Waals surface area (Å²) in [6.45, 7) is 3.39. The van der Waals surface area contributed by atoms with Crippen LogP contribution < -0.4 is 5.32 Å². The molecule has 1 atom stereocenters. The van der Waals surface area contributed by atoms with Crippen molar-refractivity contribution in [2.24, 2.45) is 5.92 Å². The molecule has 1 N–H and O–H groups in total. The Morgan fingerprint density at radius 2 is 2.00 bits per heavy atom. The summed E-state index contributed by atoms with van der Waals surface area (Å²) >= 11 is 1.49. The number of hydrogen-bond acceptors (Lipinski definition) is 4. The maximum absolute atomic E-state index is 12.7. The third kappa shape index (κ3) is 2.39. The monoisotopic (exact) mass is 337 g/mol. The maximum Gasteiger partial charge on any atom is 0.261 e. The number of piperidine rings is 3. The van der Waals surface area contributed by atoms with E-state index >= 15 is 0 Å². The second kappa shape index (κ2) is 5.53. The highest BCUT2D eigenvalue weighted by Gasteiger charge is 2.35. The first-order valence-corrected chi connectivity index (χ1v) is 9.40. The van der Waals surface area contributed by atoms with Crippen LogP contribution in [0.3, 0.4) is 0 Å². The lowest BCUT2D eigenvalue weighted by Gasteiger charge is -2.44. The minimum Gasteiger partial charge on any atom is -0.347 e. The minimum atomic E-state index is 0.0563. The van der Waals surface area contributed by atoms with E-state index in [1.54, 1.807) is 0 Å². The molecule has 0 saturated carbocycles. The highest BCUT2D eigenvalue weighted by molar-refractivity contribution is 7.20. The van der Waals surface area contributed by atoms with Crippen LogP contribution in [0, 0.1) is 5.92 Å². The van der Waals surface area contributed by atoms with Crippen molar-refractivity contribution in [2.45, 2.75) is 18.9 Å². The zero-order valence-electron chi connectivity index (χ0n) is 13.4. The van der Waals surface area contributed by atoms with Gasteiger partial charge >= 0.3 is 0 Å². The number of carbonyl (C=O) groups excluding carboxylic acids is 1. The van der Waals surface area contributed by atoms with E-state index in [1.807, 2.05) is 24.3 Å². The Bertz CT molecular complexity index is 874. The Labute approximate surface area is 144 Å². The average molecular weight is 337 g/mol. The lowest BCUT2D eigenvalue weighted by Crippen LogP contribution is -2.57. The minimum absolute atomic E-state index is 0.0563. The van der Waals surface area contributed by atoms with Gasteiger partial charge in [0.25, 0.3) is 5.91 Å². The molecule has 1 unspecified atom stereocenters. The Morgan fingerprint density at radius 1 is 1.17 bits per heavy atom. The fourth-order valence-corrected chi connectivity index (χ4v) is 4.98. The molecule has 3 saturated heterocycles. The van der Waals surface area contributed by atoms with Gasteiger partial charge in [-0.1, -0.05) is 18.2 Å². The summed E-state index contributed by atoms with van der Waals surface area (Å²) in [4.78, 5) is 21.6. The van der Waals surface area contributed by atoms with Crippen molar-refractivity contribution in [1.82, 2.24) is 15.2 Å². The second-order valence-corrected chi connectivity index (χ2v) is 7.93. The molecule has 3 aliphatic heterocycles. The van der Waals surface area contributed by atoms with Crippen LogP contribution in [0.1, 0.15) is 22.5 Å². The number of aromatic nitrogens is 1. The van der Waals surface area contributed by atoms with Crippen LogP contribution in [-0.2, 0) is 0 Å². The van der Waals surface area contributed by atoms with E-state index in [-0.39, 0.29) is 5.91 Å². The number of para-hydroxylation sites is 1. The molecule has 24 heavy (non-hydrogen) atoms. The molecule has 0 spiro atoms. The number of pyridine rings is 1. The predicted octanol–water partition coefficient (Wildman–Crippen LogP) is 3.27. The second-order valence-electron chi connectivity index (χ2n) is 6.90. The highest BCUT2D eigenvalue weighted by atomic mass is 32.1. The first kappa shape index (κ1) is 14.4. The summed E-state index contributed by atoms with van der Waals surface area (Å²) in [5, 5.41) is 5.44. The highest BCUT2D eigenvalue weighted by Crippen LogP contribution is 2.30. The van der Waals surface area contributed by atoms with Gasteiger partial charge in [-0.2, -0.15) is 0 Å². The van der Waals surface area contributed by atoms with Gasteiger partial charge in [-0.25, -0.2) is 4.98 Å². The van der Waals surface area contributed by atoms with Crippen molar-refractivity contribution in [2.75, 3.05) is 19.6 Å². The number of amides is 1. The van der Waals surface area contributed by atoms with Gasteiger partial charge < -0.3 is 10.2 Å². The molecule has 122 valence electrons. The molecular weight excluding hydrogens is 318 g/mol. The van der Waals surface area contributed by atoms with Crippen LogP contribution in [0.15, 0.2) is 36.4 Å². The molecule has 1 aromatic carbocycles. The van der Waals surface area contributed by atoms with Gasteiger partial charge in [0.1, 0.15) is 4.83 Å². The fraction of sp³-hybridized carbons (Fsp3) is 0.368. The number of nitrogens with zero attached hydrogens (tertiary/aromatic N) is 2. The first-order valence-electron chi connectivity index (χ1n) is 8.59. The number of rotatable bonds is 2. The summed E-state index contributed by atoms with van der Waals surface area (Å²) < 4.78 is 0. The van der Waals surface area contributed by atoms with Gasteiger partial charge in [-0.15, -0.1) is 11.3 Å². The van der Waals surface area contributed by atoms with Crippen LogP contribution in [-0.4, -0.2) is 41.5 Å². The number of fused-ring (bicyclic) bond motifs is 5. The van der Waals surface area contributed by atoms with Gasteiger partial charge in [0.15, 0.2) is 0 Å². The third-order valence-corrected chi connectivity index (χ3v) is 6.45. The quantitative estimate of drug-likeness (QED) is 0.780. The van der Waals surface area contributed by atoms with Crippen molar-refractivity contribution in [1.29, 1.82) is 0 Å². The number of thiophene rings is 1. The van der Waals surface area contributed by atoms with Gasteiger partial charge in [-0.3, -0.25) is 4.79 Å². The van der Waals surface area contributed by atoms with Crippen molar-refractivity contribution in [3.05, 3.63) is 41.3 Å². The first-order chi connectivity index (χ1) is 11.8. The normalized spacial score (nSPS) is 26.1. The van der Waals surface area contributed by atoms with E-state index < -0.39 is 0 Å². The molecule has 4 nitrogen and oxygen atoms in total. The lowest BCUT2D eigenvalue weighted by atomic mass is 9.84. The van der Waals surface area contributed by atoms with E-state index in [0.29, 0.717) is 12.0 Å². The zero-order chi connectivity index (χ0) is 16.1. The summed E-state index contributed by atoms with van der Waals surface area (Å²) in [6.07, 6.45) is 2.43. The lowest BCUT2D eigenvalue weighted by molar-refractivity contribution is 0.0622. The number of hydrogen-bond donors (Lipinski definition) is 1. The van der Waals surface area contributed by atoms with Crippen LogP contribution in [0.25, 0.3) is 21.1 Å². The maximum atomic E-state index is 12.7. The standard InChI is InChI=1S/C19H19N3OS/c23-18(20-16-11-22-7-5-12(16)6-8-22)17-10-14-9-13-3-1-2-4-15(13)21-19(14)24-17/h1-4,9-10,12,16H,5-8,11H2,(H,20,23). The van der Waals surface area contributed by atoms with Gasteiger partial charge in [-0.05, 0) is 50.0 Å². The summed E-state index contributed by atoms with van der Waals surface area (Å²) in [5.74, 6) is 0.704. The van der Waals surface area contributed by atoms with E-state index in [4.69, 9.17) is 4.98 Å². The predicted molar refractivity (Wildman–Crippen MR) is 97.5 cm³/mol. The largest absolute Gasteiger partial charge is 0.347 e. The molecule has 3 aliphatic rings. The Hall–Kier alpha value is -1.98. The van der Waals surface area contributed by atoms with Gasteiger partial charge in [0, 0.05) is 23.4 Å². The van der Waals surface area contributed by atoms with E-state index in [0.717, 1.165) is 32.5 Å². The molecule has 0 aliphatic carbocycles. The molecule has 3 aromatic rings. The van der Waals surface area contributed by atoms with Crippen LogP contribution in [0.4, 0.5) is 0 Å². The Morgan fingerprint density at radius 3 is 2.79 bits per heavy atom. The van der Waals surface area contributed by atoms with Crippen molar-refractivity contribution in [3.63, 3.8) is 0 Å². The van der Waals surface area contributed by atoms with Crippen LogP contribution in [0.2, 0.25) is 0 Å². The summed E-state index contributed by atoms with van der Waals surface area (Å²) in [6, 6.07) is 12.5. The summed E-state index contributed by atoms with van der Waals surface area (Å²) in [7, 11) is 0.